The second-order valence-electron chi connectivity index (χ2n) is 16.8. The average molecular weight is 853 g/mol. The minimum atomic E-state index is -4.59. The standard InChI is InChI=1S/C45H49ClN6O7S/c1-4-5-29-20-38-40(52(54)55)23-36(24-41(38)58-28-29)60(56,57)49-44(53)37-11-10-34(22-42(37)59-35-21-31-13-15-47-43(31)48-26-35)51-18-16-50(17-19-51)27-32-12-14-45(2,3)25-39(32)30-6-8-33(46)9-7-30/h6-11,13,15,21-24,26,29H,4-5,12,14,16-20,25,27-28H2,1-3H3,(H,47,48)(H,49,53)/t29-/m1/s1. The molecule has 0 spiro atoms. The van der Waals surface area contributed by atoms with Crippen LogP contribution in [0.3, 0.4) is 0 Å². The number of hydrogen-bond acceptors (Lipinski definition) is 10. The van der Waals surface area contributed by atoms with Crippen molar-refractivity contribution in [3.63, 3.8) is 0 Å². The molecule has 5 aromatic rings. The fourth-order valence-electron chi connectivity index (χ4n) is 8.62. The number of hydrogen-bond donors (Lipinski definition) is 2. The van der Waals surface area contributed by atoms with Crippen LogP contribution < -0.4 is 19.1 Å². The summed E-state index contributed by atoms with van der Waals surface area (Å²) in [5.41, 5.74) is 5.77. The largest absolute Gasteiger partial charge is 0.493 e. The van der Waals surface area contributed by atoms with Crippen LogP contribution in [-0.4, -0.2) is 73.4 Å². The molecular formula is C45H49ClN6O7S. The van der Waals surface area contributed by atoms with E-state index in [9.17, 15) is 23.3 Å². The first-order valence-corrected chi connectivity index (χ1v) is 22.3. The number of allylic oxidation sites excluding steroid dienone is 1. The quantitative estimate of drug-likeness (QED) is 0.0915. The molecule has 8 rings (SSSR count). The molecule has 2 aliphatic heterocycles. The van der Waals surface area contributed by atoms with Crippen LogP contribution in [0.5, 0.6) is 17.2 Å². The summed E-state index contributed by atoms with van der Waals surface area (Å²) in [5, 5.41) is 13.7. The van der Waals surface area contributed by atoms with Gasteiger partial charge in [0.1, 0.15) is 22.9 Å². The molecule has 1 aliphatic carbocycles. The van der Waals surface area contributed by atoms with E-state index < -0.39 is 25.7 Å². The van der Waals surface area contributed by atoms with Gasteiger partial charge in [0.2, 0.25) is 0 Å². The summed E-state index contributed by atoms with van der Waals surface area (Å²) in [6.45, 7) is 11.0. The summed E-state index contributed by atoms with van der Waals surface area (Å²) in [4.78, 5) is 37.2. The summed E-state index contributed by atoms with van der Waals surface area (Å²) in [7, 11) is -4.59. The Bertz CT molecular complexity index is 2580. The minimum absolute atomic E-state index is 0.0388. The number of carbonyl (C=O) groups excluding carboxylic acids is 1. The van der Waals surface area contributed by atoms with E-state index >= 15 is 0 Å². The molecule has 0 saturated carbocycles. The Balaban J connectivity index is 1.03. The third-order valence-electron chi connectivity index (χ3n) is 11.9. The van der Waals surface area contributed by atoms with E-state index in [0.717, 1.165) is 87.0 Å². The van der Waals surface area contributed by atoms with E-state index in [1.807, 2.05) is 25.1 Å². The van der Waals surface area contributed by atoms with Gasteiger partial charge in [-0.15, -0.1) is 0 Å². The molecule has 0 unspecified atom stereocenters. The molecular weight excluding hydrogens is 804 g/mol. The number of H-pyrrole nitrogens is 1. The number of amides is 1. The minimum Gasteiger partial charge on any atom is -0.493 e. The molecule has 3 aliphatic rings. The number of fused-ring (bicyclic) bond motifs is 2. The van der Waals surface area contributed by atoms with Crippen molar-refractivity contribution in [2.45, 2.75) is 64.2 Å². The van der Waals surface area contributed by atoms with E-state index in [1.165, 1.54) is 29.0 Å². The average Bonchev–Trinajstić information content (AvgIpc) is 3.70. The maximum Gasteiger partial charge on any atom is 0.277 e. The highest BCUT2D eigenvalue weighted by molar-refractivity contribution is 7.90. The number of nitro benzene ring substituents is 1. The predicted octanol–water partition coefficient (Wildman–Crippen LogP) is 9.17. The smallest absolute Gasteiger partial charge is 0.277 e. The number of pyridine rings is 1. The summed E-state index contributed by atoms with van der Waals surface area (Å²) in [6.07, 6.45) is 8.60. The molecule has 15 heteroatoms. The van der Waals surface area contributed by atoms with Crippen molar-refractivity contribution in [3.05, 3.63) is 117 Å². The van der Waals surface area contributed by atoms with Crippen molar-refractivity contribution >= 4 is 55.5 Å². The number of rotatable bonds is 12. The maximum atomic E-state index is 14.0. The molecule has 1 atom stereocenters. The Kier molecular flexibility index (Phi) is 11.6. The van der Waals surface area contributed by atoms with Crippen molar-refractivity contribution in [2.24, 2.45) is 11.3 Å². The lowest BCUT2D eigenvalue weighted by Crippen LogP contribution is -2.47. The Hall–Kier alpha value is -5.44. The molecule has 13 nitrogen and oxygen atoms in total. The SMILES string of the molecule is CCC[C@H]1COc2cc(S(=O)(=O)NC(=O)c3ccc(N4CCN(CC5=C(c6ccc(Cl)cc6)CC(C)(C)CC5)CC4)cc3Oc3cnc4[nH]ccc4c3)cc([N+](=O)[O-])c2C1. The van der Waals surface area contributed by atoms with E-state index in [-0.39, 0.29) is 34.1 Å². The molecule has 4 heterocycles. The third-order valence-corrected chi connectivity index (χ3v) is 13.5. The van der Waals surface area contributed by atoms with Crippen molar-refractivity contribution in [3.8, 4) is 17.2 Å². The zero-order chi connectivity index (χ0) is 42.2. The first kappa shape index (κ1) is 41.3. The molecule has 2 N–H and O–H groups in total. The van der Waals surface area contributed by atoms with Crippen molar-refractivity contribution in [1.82, 2.24) is 19.6 Å². The molecule has 0 bridgehead atoms. The highest BCUT2D eigenvalue weighted by atomic mass is 35.5. The normalized spacial score (nSPS) is 18.2. The van der Waals surface area contributed by atoms with Crippen LogP contribution >= 0.6 is 11.6 Å². The van der Waals surface area contributed by atoms with Gasteiger partial charge >= 0.3 is 0 Å². The molecule has 3 aromatic carbocycles. The number of sulfonamides is 1. The van der Waals surface area contributed by atoms with Gasteiger partial charge in [-0.25, -0.2) is 18.1 Å². The number of aromatic nitrogens is 2. The van der Waals surface area contributed by atoms with Crippen molar-refractivity contribution < 1.29 is 27.6 Å². The Labute approximate surface area is 354 Å². The zero-order valence-electron chi connectivity index (χ0n) is 34.0. The Morgan fingerprint density at radius 1 is 1.08 bits per heavy atom. The fourth-order valence-corrected chi connectivity index (χ4v) is 9.75. The number of nitrogens with zero attached hydrogens (tertiary/aromatic N) is 4. The topological polar surface area (TPSA) is 160 Å². The van der Waals surface area contributed by atoms with E-state index in [4.69, 9.17) is 21.1 Å². The predicted molar refractivity (Wildman–Crippen MR) is 233 cm³/mol. The van der Waals surface area contributed by atoms with Crippen LogP contribution in [0.1, 0.15) is 74.4 Å². The molecule has 60 heavy (non-hydrogen) atoms. The molecule has 1 amide bonds. The summed E-state index contributed by atoms with van der Waals surface area (Å²) >= 11 is 6.24. The second kappa shape index (κ2) is 16.9. The van der Waals surface area contributed by atoms with Gasteiger partial charge in [0.05, 0.1) is 33.7 Å². The summed E-state index contributed by atoms with van der Waals surface area (Å²) in [5.74, 6) is -0.259. The Morgan fingerprint density at radius 2 is 1.87 bits per heavy atom. The molecule has 2 aromatic heterocycles. The highest BCUT2D eigenvalue weighted by Crippen LogP contribution is 2.44. The molecule has 0 radical (unpaired) electrons. The molecule has 314 valence electrons. The second-order valence-corrected chi connectivity index (χ2v) is 19.0. The van der Waals surface area contributed by atoms with Gasteiger partial charge in [-0.3, -0.25) is 19.8 Å². The van der Waals surface area contributed by atoms with E-state index in [0.29, 0.717) is 30.0 Å². The third kappa shape index (κ3) is 9.01. The number of anilines is 1. The van der Waals surface area contributed by atoms with Crippen LogP contribution in [0, 0.1) is 21.4 Å². The number of carbonyl (C=O) groups is 1. The highest BCUT2D eigenvalue weighted by Gasteiger charge is 2.33. The Morgan fingerprint density at radius 3 is 2.62 bits per heavy atom. The van der Waals surface area contributed by atoms with Crippen LogP contribution in [0.4, 0.5) is 11.4 Å². The van der Waals surface area contributed by atoms with Crippen molar-refractivity contribution in [1.29, 1.82) is 0 Å². The number of nitrogens with one attached hydrogen (secondary N) is 2. The fraction of sp³-hybridized carbons (Fsp3) is 0.378. The van der Waals surface area contributed by atoms with E-state index in [2.05, 4.69) is 50.5 Å². The van der Waals surface area contributed by atoms with Crippen LogP contribution in [-0.2, 0) is 16.4 Å². The van der Waals surface area contributed by atoms with Crippen LogP contribution in [0.2, 0.25) is 5.02 Å². The van der Waals surface area contributed by atoms with E-state index in [1.54, 1.807) is 30.5 Å². The lowest BCUT2D eigenvalue weighted by molar-refractivity contribution is -0.386. The van der Waals surface area contributed by atoms with Gasteiger partial charge in [-0.05, 0) is 91.0 Å². The first-order valence-electron chi connectivity index (χ1n) is 20.5. The van der Waals surface area contributed by atoms with Crippen molar-refractivity contribution in [2.75, 3.05) is 44.2 Å². The van der Waals surface area contributed by atoms with Gasteiger partial charge in [0.25, 0.3) is 21.6 Å². The number of halogens is 1. The number of piperazine rings is 1. The van der Waals surface area contributed by atoms with Gasteiger partial charge in [-0.1, -0.05) is 56.5 Å². The lowest BCUT2D eigenvalue weighted by atomic mass is 9.72. The number of nitro groups is 1. The molecule has 1 fully saturated rings. The maximum absolute atomic E-state index is 14.0. The monoisotopic (exact) mass is 852 g/mol. The molecule has 1 saturated heterocycles. The van der Waals surface area contributed by atoms with Gasteiger partial charge in [0, 0.05) is 73.2 Å². The number of ether oxygens (including phenoxy) is 2. The number of aromatic amines is 1. The number of benzene rings is 3. The van der Waals surface area contributed by atoms with Crippen LogP contribution in [0.15, 0.2) is 89.6 Å². The summed E-state index contributed by atoms with van der Waals surface area (Å²) < 4.78 is 41.9. The van der Waals surface area contributed by atoms with Gasteiger partial charge < -0.3 is 19.4 Å². The first-order chi connectivity index (χ1) is 28.7. The lowest BCUT2D eigenvalue weighted by Gasteiger charge is -2.39. The van der Waals surface area contributed by atoms with Gasteiger partial charge in [0.15, 0.2) is 0 Å². The van der Waals surface area contributed by atoms with Gasteiger partial charge in [-0.2, -0.15) is 0 Å². The zero-order valence-corrected chi connectivity index (χ0v) is 35.6. The summed E-state index contributed by atoms with van der Waals surface area (Å²) in [6, 6.07) is 19.1. The van der Waals surface area contributed by atoms with Crippen LogP contribution in [0.25, 0.3) is 16.6 Å².